The van der Waals surface area contributed by atoms with E-state index in [2.05, 4.69) is 20.6 Å². The number of hydrogen-bond donors (Lipinski definition) is 1. The molecule has 2 aromatic heterocycles. The molecule has 0 saturated heterocycles. The van der Waals surface area contributed by atoms with E-state index in [9.17, 15) is 28.0 Å². The van der Waals surface area contributed by atoms with E-state index >= 15 is 0 Å². The van der Waals surface area contributed by atoms with E-state index < -0.39 is 28.8 Å². The highest BCUT2D eigenvalue weighted by Gasteiger charge is 2.31. The molecule has 0 radical (unpaired) electrons. The molecule has 0 spiro atoms. The van der Waals surface area contributed by atoms with Crippen LogP contribution in [0.2, 0.25) is 0 Å². The van der Waals surface area contributed by atoms with E-state index in [-0.39, 0.29) is 16.9 Å². The van der Waals surface area contributed by atoms with Crippen LogP contribution in [-0.4, -0.2) is 26.9 Å². The maximum atomic E-state index is 13.0. The van der Waals surface area contributed by atoms with Crippen molar-refractivity contribution in [2.24, 2.45) is 5.10 Å². The van der Waals surface area contributed by atoms with Gasteiger partial charge in [-0.2, -0.15) is 33.3 Å². The first-order valence-corrected chi connectivity index (χ1v) is 8.67. The Hall–Kier alpha value is -4.33. The minimum atomic E-state index is -4.65. The summed E-state index contributed by atoms with van der Waals surface area (Å²) >= 11 is 0. The standard InChI is InChI=1S/C20H13F3N6O2/c1-12-16(10-24)19(31)29(15-4-2-3-14(9-15)20(21,22)23)28-17(12)18(30)27-26-11-13-5-7-25-8-6-13/h2-9,11H,1H3,(H,27,30)/b26-11+. The number of carbonyl (C=O) groups excluding carboxylic acids is 1. The molecular formula is C20H13F3N6O2. The molecule has 0 aliphatic heterocycles. The second kappa shape index (κ2) is 8.58. The van der Waals surface area contributed by atoms with Gasteiger partial charge in [-0.05, 0) is 42.8 Å². The van der Waals surface area contributed by atoms with Gasteiger partial charge in [-0.3, -0.25) is 14.6 Å². The fourth-order valence-electron chi connectivity index (χ4n) is 2.61. The van der Waals surface area contributed by atoms with Crippen molar-refractivity contribution < 1.29 is 18.0 Å². The van der Waals surface area contributed by atoms with Crippen LogP contribution in [0.4, 0.5) is 13.2 Å². The van der Waals surface area contributed by atoms with Gasteiger partial charge in [-0.25, -0.2) is 5.43 Å². The van der Waals surface area contributed by atoms with Crippen molar-refractivity contribution in [3.63, 3.8) is 0 Å². The molecule has 8 nitrogen and oxygen atoms in total. The van der Waals surface area contributed by atoms with Gasteiger partial charge in [-0.1, -0.05) is 6.07 Å². The highest BCUT2D eigenvalue weighted by Crippen LogP contribution is 2.30. The molecule has 0 aliphatic rings. The third-order valence-electron chi connectivity index (χ3n) is 4.17. The number of nitrogens with one attached hydrogen (secondary N) is 1. The number of hydrazone groups is 1. The van der Waals surface area contributed by atoms with Crippen molar-refractivity contribution >= 4 is 12.1 Å². The summed E-state index contributed by atoms with van der Waals surface area (Å²) in [5.41, 5.74) is -0.115. The molecule has 0 fully saturated rings. The third-order valence-corrected chi connectivity index (χ3v) is 4.17. The van der Waals surface area contributed by atoms with Gasteiger partial charge in [0.2, 0.25) is 0 Å². The van der Waals surface area contributed by atoms with Crippen molar-refractivity contribution in [3.05, 3.63) is 87.1 Å². The minimum absolute atomic E-state index is 0.0210. The molecule has 1 amide bonds. The molecule has 0 unspecified atom stereocenters. The summed E-state index contributed by atoms with van der Waals surface area (Å²) in [6.45, 7) is 1.34. The van der Waals surface area contributed by atoms with Crippen molar-refractivity contribution in [1.82, 2.24) is 20.2 Å². The molecule has 2 heterocycles. The molecule has 156 valence electrons. The lowest BCUT2D eigenvalue weighted by atomic mass is 10.1. The van der Waals surface area contributed by atoms with Gasteiger partial charge in [0.05, 0.1) is 17.5 Å². The number of halogens is 3. The van der Waals surface area contributed by atoms with E-state index in [0.717, 1.165) is 12.1 Å². The van der Waals surface area contributed by atoms with Gasteiger partial charge in [0.25, 0.3) is 11.5 Å². The number of aromatic nitrogens is 3. The molecule has 11 heteroatoms. The highest BCUT2D eigenvalue weighted by molar-refractivity contribution is 5.94. The minimum Gasteiger partial charge on any atom is -0.266 e. The van der Waals surface area contributed by atoms with E-state index in [4.69, 9.17) is 0 Å². The van der Waals surface area contributed by atoms with Crippen LogP contribution < -0.4 is 11.0 Å². The summed E-state index contributed by atoms with van der Waals surface area (Å²) < 4.78 is 39.7. The quantitative estimate of drug-likeness (QED) is 0.509. The summed E-state index contributed by atoms with van der Waals surface area (Å²) in [5.74, 6) is -0.847. The topological polar surface area (TPSA) is 113 Å². The van der Waals surface area contributed by atoms with Crippen LogP contribution in [-0.2, 0) is 6.18 Å². The smallest absolute Gasteiger partial charge is 0.266 e. The Morgan fingerprint density at radius 2 is 1.97 bits per heavy atom. The molecule has 1 N–H and O–H groups in total. The fraction of sp³-hybridized carbons (Fsp3) is 0.100. The summed E-state index contributed by atoms with van der Waals surface area (Å²) in [7, 11) is 0. The number of alkyl halides is 3. The largest absolute Gasteiger partial charge is 0.416 e. The number of rotatable bonds is 4. The van der Waals surface area contributed by atoms with Crippen LogP contribution in [0.5, 0.6) is 0 Å². The lowest BCUT2D eigenvalue weighted by Gasteiger charge is -2.12. The summed E-state index contributed by atoms with van der Waals surface area (Å²) in [6.07, 6.45) is -0.259. The Balaban J connectivity index is 2.03. The normalized spacial score (nSPS) is 11.3. The molecule has 0 saturated carbocycles. The Morgan fingerprint density at radius 1 is 1.26 bits per heavy atom. The van der Waals surface area contributed by atoms with E-state index in [1.807, 2.05) is 0 Å². The number of hydrogen-bond acceptors (Lipinski definition) is 6. The number of nitriles is 1. The number of benzene rings is 1. The van der Waals surface area contributed by atoms with Gasteiger partial charge in [0.1, 0.15) is 11.6 Å². The zero-order chi connectivity index (χ0) is 22.6. The molecule has 1 aromatic carbocycles. The molecule has 0 bridgehead atoms. The molecule has 3 aromatic rings. The van der Waals surface area contributed by atoms with Crippen LogP contribution >= 0.6 is 0 Å². The molecule has 0 aliphatic carbocycles. The maximum absolute atomic E-state index is 13.0. The number of pyridine rings is 1. The van der Waals surface area contributed by atoms with Gasteiger partial charge in [0.15, 0.2) is 5.69 Å². The highest BCUT2D eigenvalue weighted by atomic mass is 19.4. The summed E-state index contributed by atoms with van der Waals surface area (Å²) in [5, 5.41) is 17.0. The first-order chi connectivity index (χ1) is 14.7. The lowest BCUT2D eigenvalue weighted by Crippen LogP contribution is -2.31. The van der Waals surface area contributed by atoms with Crippen LogP contribution in [0.25, 0.3) is 5.69 Å². The Labute approximate surface area is 173 Å². The monoisotopic (exact) mass is 426 g/mol. The Kier molecular flexibility index (Phi) is 5.92. The average molecular weight is 426 g/mol. The van der Waals surface area contributed by atoms with Crippen LogP contribution in [0.1, 0.15) is 32.7 Å². The molecule has 0 atom stereocenters. The van der Waals surface area contributed by atoms with Gasteiger partial charge in [-0.15, -0.1) is 0 Å². The average Bonchev–Trinajstić information content (AvgIpc) is 2.74. The molecule has 31 heavy (non-hydrogen) atoms. The van der Waals surface area contributed by atoms with Gasteiger partial charge >= 0.3 is 6.18 Å². The second-order valence-electron chi connectivity index (χ2n) is 6.21. The number of carbonyl (C=O) groups is 1. The zero-order valence-electron chi connectivity index (χ0n) is 15.9. The van der Waals surface area contributed by atoms with Crippen molar-refractivity contribution in [2.75, 3.05) is 0 Å². The third kappa shape index (κ3) is 4.64. The van der Waals surface area contributed by atoms with Crippen molar-refractivity contribution in [1.29, 1.82) is 5.26 Å². The molecular weight excluding hydrogens is 413 g/mol. The number of amides is 1. The fourth-order valence-corrected chi connectivity index (χ4v) is 2.61. The van der Waals surface area contributed by atoms with Crippen LogP contribution in [0.15, 0.2) is 58.7 Å². The summed E-state index contributed by atoms with van der Waals surface area (Å²) in [6, 6.07) is 8.79. The van der Waals surface area contributed by atoms with E-state index in [1.165, 1.54) is 31.6 Å². The van der Waals surface area contributed by atoms with E-state index in [1.54, 1.807) is 18.2 Å². The first kappa shape index (κ1) is 21.4. The molecule has 3 rings (SSSR count). The second-order valence-corrected chi connectivity index (χ2v) is 6.21. The van der Waals surface area contributed by atoms with Crippen molar-refractivity contribution in [2.45, 2.75) is 13.1 Å². The van der Waals surface area contributed by atoms with Gasteiger partial charge in [0, 0.05) is 18.0 Å². The lowest BCUT2D eigenvalue weighted by molar-refractivity contribution is -0.137. The Morgan fingerprint density at radius 3 is 2.61 bits per heavy atom. The number of nitrogens with zero attached hydrogens (tertiary/aromatic N) is 5. The Bertz CT molecular complexity index is 1260. The predicted molar refractivity (Wildman–Crippen MR) is 104 cm³/mol. The maximum Gasteiger partial charge on any atom is 0.416 e. The van der Waals surface area contributed by atoms with Crippen LogP contribution in [0.3, 0.4) is 0 Å². The van der Waals surface area contributed by atoms with E-state index in [0.29, 0.717) is 16.3 Å². The predicted octanol–water partition coefficient (Wildman–Crippen LogP) is 2.59. The van der Waals surface area contributed by atoms with Crippen molar-refractivity contribution in [3.8, 4) is 11.8 Å². The van der Waals surface area contributed by atoms with Crippen LogP contribution in [0, 0.1) is 18.3 Å². The summed E-state index contributed by atoms with van der Waals surface area (Å²) in [4.78, 5) is 29.0. The zero-order valence-corrected chi connectivity index (χ0v) is 15.9. The van der Waals surface area contributed by atoms with Gasteiger partial charge < -0.3 is 0 Å². The first-order valence-electron chi connectivity index (χ1n) is 8.67. The SMILES string of the molecule is Cc1c(C(=O)N/N=C/c2ccncc2)nn(-c2cccc(C(F)(F)F)c2)c(=O)c1C#N.